The molecule has 1 aliphatic heterocycles. The van der Waals surface area contributed by atoms with Crippen molar-refractivity contribution in [2.45, 2.75) is 149 Å². The van der Waals surface area contributed by atoms with E-state index in [4.69, 9.17) is 28.9 Å². The van der Waals surface area contributed by atoms with E-state index < -0.39 is 30.4 Å². The van der Waals surface area contributed by atoms with Gasteiger partial charge in [0.2, 0.25) is 0 Å². The van der Waals surface area contributed by atoms with Gasteiger partial charge in [-0.3, -0.25) is 9.59 Å². The number of carbonyl (C=O) groups excluding carboxylic acids is 2. The van der Waals surface area contributed by atoms with Gasteiger partial charge < -0.3 is 23.8 Å². The van der Waals surface area contributed by atoms with E-state index in [9.17, 15) is 9.59 Å². The minimum Gasteiger partial charge on any atom is -0.463 e. The Hall–Kier alpha value is -2.19. The van der Waals surface area contributed by atoms with Gasteiger partial charge >= 0.3 is 11.9 Å². The van der Waals surface area contributed by atoms with E-state index in [0.29, 0.717) is 17.4 Å². The average molecular weight is 626 g/mol. The Morgan fingerprint density at radius 2 is 1.71 bits per heavy atom. The van der Waals surface area contributed by atoms with E-state index in [1.807, 2.05) is 6.08 Å². The van der Waals surface area contributed by atoms with Crippen molar-refractivity contribution in [1.82, 2.24) is 0 Å². The molecular formula is C37H55NO7. The van der Waals surface area contributed by atoms with Gasteiger partial charge in [-0.05, 0) is 125 Å². The summed E-state index contributed by atoms with van der Waals surface area (Å²) in [4.78, 5) is 29.1. The molecule has 4 saturated carbocycles. The minimum atomic E-state index is -0.610. The zero-order valence-corrected chi connectivity index (χ0v) is 28.1. The molecule has 45 heavy (non-hydrogen) atoms. The topological polar surface area (TPSA) is 92.7 Å². The Morgan fingerprint density at radius 3 is 2.47 bits per heavy atom. The molecule has 250 valence electrons. The lowest BCUT2D eigenvalue weighted by Gasteiger charge is -2.58. The Bertz CT molecular complexity index is 1190. The van der Waals surface area contributed by atoms with Crippen LogP contribution in [0.1, 0.15) is 118 Å². The Morgan fingerprint density at radius 1 is 0.911 bits per heavy atom. The van der Waals surface area contributed by atoms with Crippen molar-refractivity contribution in [2.75, 3.05) is 6.61 Å². The number of oxime groups is 1. The molecule has 0 spiro atoms. The fourth-order valence-electron chi connectivity index (χ4n) is 10.3. The van der Waals surface area contributed by atoms with Crippen LogP contribution in [0.4, 0.5) is 0 Å². The van der Waals surface area contributed by atoms with Crippen LogP contribution < -0.4 is 0 Å². The van der Waals surface area contributed by atoms with Crippen LogP contribution in [0.5, 0.6) is 0 Å². The molecule has 0 aromatic carbocycles. The highest BCUT2D eigenvalue weighted by Gasteiger charge is 2.59. The third-order valence-electron chi connectivity index (χ3n) is 12.7. The molecular weight excluding hydrogens is 570 g/mol. The molecule has 0 radical (unpaired) electrons. The van der Waals surface area contributed by atoms with Crippen molar-refractivity contribution in [3.8, 4) is 0 Å². The summed E-state index contributed by atoms with van der Waals surface area (Å²) in [7, 11) is 0. The van der Waals surface area contributed by atoms with Crippen LogP contribution in [0.15, 0.2) is 29.0 Å². The SMILES string of the molecule is CC(=O)OC[C@H]1OC(O[C@H]2CC[C@@]3(C)C(=CC[C@H]4[C@@H]5CC[C@H](/C(C)=N/OC6CCCCC6)[C@@]5(C)CC[C@@H]43)C2)C=C[C@@H]1OC(C)=O. The van der Waals surface area contributed by atoms with E-state index in [0.717, 1.165) is 49.9 Å². The highest BCUT2D eigenvalue weighted by atomic mass is 16.7. The summed E-state index contributed by atoms with van der Waals surface area (Å²) in [6, 6.07) is 0. The van der Waals surface area contributed by atoms with Gasteiger partial charge in [-0.1, -0.05) is 37.1 Å². The molecule has 5 aliphatic carbocycles. The number of esters is 2. The summed E-state index contributed by atoms with van der Waals surface area (Å²) in [5.74, 6) is 1.92. The van der Waals surface area contributed by atoms with Crippen molar-refractivity contribution in [3.05, 3.63) is 23.8 Å². The maximum Gasteiger partial charge on any atom is 0.303 e. The van der Waals surface area contributed by atoms with Gasteiger partial charge in [-0.15, -0.1) is 0 Å². The number of ether oxygens (including phenoxy) is 4. The van der Waals surface area contributed by atoms with Crippen molar-refractivity contribution in [2.24, 2.45) is 39.7 Å². The fourth-order valence-corrected chi connectivity index (χ4v) is 10.3. The smallest absolute Gasteiger partial charge is 0.303 e. The van der Waals surface area contributed by atoms with Crippen LogP contribution in [0.2, 0.25) is 0 Å². The molecule has 0 saturated heterocycles. The van der Waals surface area contributed by atoms with Crippen molar-refractivity contribution in [3.63, 3.8) is 0 Å². The van der Waals surface area contributed by atoms with Crippen LogP contribution in [-0.2, 0) is 33.4 Å². The Balaban J connectivity index is 1.09. The third-order valence-corrected chi connectivity index (χ3v) is 12.7. The molecule has 8 heteroatoms. The van der Waals surface area contributed by atoms with Crippen LogP contribution in [0.25, 0.3) is 0 Å². The summed E-state index contributed by atoms with van der Waals surface area (Å²) < 4.78 is 23.2. The normalized spacial score (nSPS) is 41.7. The first-order valence-corrected chi connectivity index (χ1v) is 17.8. The highest BCUT2D eigenvalue weighted by molar-refractivity contribution is 5.85. The maximum absolute atomic E-state index is 11.6. The lowest BCUT2D eigenvalue weighted by atomic mass is 9.47. The first-order chi connectivity index (χ1) is 21.6. The lowest BCUT2D eigenvalue weighted by Crippen LogP contribution is -2.51. The molecule has 4 fully saturated rings. The Labute approximate surface area is 269 Å². The molecule has 6 rings (SSSR count). The summed E-state index contributed by atoms with van der Waals surface area (Å²) in [5.41, 5.74) is 3.32. The van der Waals surface area contributed by atoms with E-state index in [1.165, 1.54) is 70.9 Å². The number of allylic oxidation sites excluding steroid dienone is 1. The highest BCUT2D eigenvalue weighted by Crippen LogP contribution is 2.66. The van der Waals surface area contributed by atoms with Gasteiger partial charge in [0.15, 0.2) is 6.29 Å². The molecule has 8 nitrogen and oxygen atoms in total. The van der Waals surface area contributed by atoms with Crippen LogP contribution in [-0.4, -0.2) is 55.0 Å². The number of carbonyl (C=O) groups is 2. The molecule has 0 N–H and O–H groups in total. The Kier molecular flexibility index (Phi) is 9.82. The third kappa shape index (κ3) is 6.79. The summed E-state index contributed by atoms with van der Waals surface area (Å²) in [5, 5.41) is 4.78. The van der Waals surface area contributed by atoms with Gasteiger partial charge in [0.1, 0.15) is 24.9 Å². The molecule has 1 unspecified atom stereocenters. The van der Waals surface area contributed by atoms with Gasteiger partial charge in [-0.2, -0.15) is 0 Å². The van der Waals surface area contributed by atoms with Crippen LogP contribution in [0, 0.1) is 34.5 Å². The van der Waals surface area contributed by atoms with Gasteiger partial charge in [0, 0.05) is 19.8 Å². The first kappa shape index (κ1) is 32.7. The average Bonchev–Trinajstić information content (AvgIpc) is 3.37. The monoisotopic (exact) mass is 625 g/mol. The van der Waals surface area contributed by atoms with Gasteiger partial charge in [0.25, 0.3) is 0 Å². The molecule has 0 amide bonds. The van der Waals surface area contributed by atoms with Crippen molar-refractivity contribution in [1.29, 1.82) is 0 Å². The summed E-state index contributed by atoms with van der Waals surface area (Å²) in [6.45, 7) is 10.1. The fraction of sp³-hybridized carbons (Fsp3) is 0.811. The largest absolute Gasteiger partial charge is 0.463 e. The minimum absolute atomic E-state index is 0.00824. The van der Waals surface area contributed by atoms with E-state index in [2.05, 4.69) is 26.8 Å². The first-order valence-electron chi connectivity index (χ1n) is 17.8. The molecule has 0 bridgehead atoms. The second kappa shape index (κ2) is 13.5. The zero-order valence-electron chi connectivity index (χ0n) is 28.1. The lowest BCUT2D eigenvalue weighted by molar-refractivity contribution is -0.213. The number of fused-ring (bicyclic) bond motifs is 5. The van der Waals surface area contributed by atoms with E-state index in [-0.39, 0.29) is 18.1 Å². The molecule has 0 aromatic rings. The van der Waals surface area contributed by atoms with Crippen LogP contribution >= 0.6 is 0 Å². The number of hydrogen-bond acceptors (Lipinski definition) is 8. The molecule has 10 atom stereocenters. The van der Waals surface area contributed by atoms with E-state index in [1.54, 1.807) is 11.6 Å². The standard InChI is InChI=1S/C37H55NO7/c1-23(38-45-27-9-7-6-8-10-27)30-13-14-31-29-12-11-26-21-28(17-19-36(26,4)32(29)18-20-37(30,31)5)43-35-16-15-33(42-25(3)40)34(44-35)22-41-24(2)39/h11,15-16,27-35H,6-10,12-14,17-22H2,1-5H3/b38-23+/t28-,29-,30+,31-,32-,33-,34+,35?,36-,37+/m0/s1. The second-order valence-electron chi connectivity index (χ2n) is 15.3. The maximum atomic E-state index is 11.6. The predicted molar refractivity (Wildman–Crippen MR) is 171 cm³/mol. The van der Waals surface area contributed by atoms with E-state index >= 15 is 0 Å². The number of hydrogen-bond donors (Lipinski definition) is 0. The molecule has 1 heterocycles. The van der Waals surface area contributed by atoms with Crippen LogP contribution in [0.3, 0.4) is 0 Å². The van der Waals surface area contributed by atoms with Crippen molar-refractivity contribution >= 4 is 17.7 Å². The number of rotatable bonds is 8. The zero-order chi connectivity index (χ0) is 31.8. The number of nitrogens with zero attached hydrogens (tertiary/aromatic N) is 1. The van der Waals surface area contributed by atoms with Gasteiger partial charge in [0.05, 0.1) is 11.8 Å². The molecule has 6 aliphatic rings. The predicted octanol–water partition coefficient (Wildman–Crippen LogP) is 7.45. The second-order valence-corrected chi connectivity index (χ2v) is 15.3. The molecule has 0 aromatic heterocycles. The van der Waals surface area contributed by atoms with Gasteiger partial charge in [-0.25, -0.2) is 0 Å². The summed E-state index contributed by atoms with van der Waals surface area (Å²) >= 11 is 0. The summed E-state index contributed by atoms with van der Waals surface area (Å²) in [6.07, 6.45) is 20.3. The van der Waals surface area contributed by atoms with Crippen molar-refractivity contribution < 1.29 is 33.4 Å². The quantitative estimate of drug-likeness (QED) is 0.120.